The van der Waals surface area contributed by atoms with Crippen molar-refractivity contribution < 1.29 is 14.3 Å². The number of rotatable bonds is 15. The lowest BCUT2D eigenvalue weighted by atomic mass is 10.1. The molecule has 5 heteroatoms. The number of benzene rings is 1. The maximum Gasteiger partial charge on any atom is 0.410 e. The third-order valence-corrected chi connectivity index (χ3v) is 5.53. The molecule has 0 bridgehead atoms. The van der Waals surface area contributed by atoms with Crippen molar-refractivity contribution in [2.45, 2.75) is 97.5 Å². The molecule has 0 N–H and O–H groups in total. The third kappa shape index (κ3) is 14.1. The fourth-order valence-electron chi connectivity index (χ4n) is 3.24. The van der Waals surface area contributed by atoms with Gasteiger partial charge in [-0.25, -0.2) is 4.79 Å². The zero-order valence-corrected chi connectivity index (χ0v) is 21.7. The van der Waals surface area contributed by atoms with E-state index in [2.05, 4.69) is 29.5 Å². The second-order valence-electron chi connectivity index (χ2n) is 8.96. The van der Waals surface area contributed by atoms with Gasteiger partial charge in [-0.2, -0.15) is 0 Å². The molecule has 0 spiro atoms. The average Bonchev–Trinajstić information content (AvgIpc) is 2.66. The summed E-state index contributed by atoms with van der Waals surface area (Å²) in [6, 6.07) is 7.96. The van der Waals surface area contributed by atoms with Crippen LogP contribution in [0.2, 0.25) is 0 Å². The van der Waals surface area contributed by atoms with Crippen LogP contribution in [0.15, 0.2) is 24.3 Å². The van der Waals surface area contributed by atoms with Gasteiger partial charge in [0.15, 0.2) is 0 Å². The van der Waals surface area contributed by atoms with Gasteiger partial charge < -0.3 is 14.4 Å². The van der Waals surface area contributed by atoms with Gasteiger partial charge in [-0.05, 0) is 68.0 Å². The molecule has 0 saturated carbocycles. The lowest BCUT2D eigenvalue weighted by Gasteiger charge is -2.27. The zero-order chi connectivity index (χ0) is 22.2. The van der Waals surface area contributed by atoms with E-state index in [0.717, 1.165) is 28.7 Å². The summed E-state index contributed by atoms with van der Waals surface area (Å²) in [5.74, 6) is 0.838. The summed E-state index contributed by atoms with van der Waals surface area (Å²) in [7, 11) is 0. The topological polar surface area (TPSA) is 38.8 Å². The highest BCUT2D eigenvalue weighted by Crippen LogP contribution is 2.16. The predicted molar refractivity (Wildman–Crippen MR) is 134 cm³/mol. The van der Waals surface area contributed by atoms with Gasteiger partial charge in [0.25, 0.3) is 0 Å². The van der Waals surface area contributed by atoms with Crippen LogP contribution in [0.4, 0.5) is 4.79 Å². The highest BCUT2D eigenvalue weighted by molar-refractivity contribution is 14.1. The Kier molecular flexibility index (Phi) is 14.2. The molecular weight excluding hydrogens is 489 g/mol. The number of carbonyl (C=O) groups is 1. The number of halogens is 1. The minimum absolute atomic E-state index is 0.246. The molecule has 0 aliphatic heterocycles. The van der Waals surface area contributed by atoms with E-state index in [0.29, 0.717) is 13.2 Å². The summed E-state index contributed by atoms with van der Waals surface area (Å²) < 4.78 is 12.6. The minimum atomic E-state index is -0.483. The SMILES string of the molecule is CCCCCCCCCCCCN(CCOc1cccc(I)c1)C(=O)OC(C)(C)C. The molecule has 1 aromatic carbocycles. The van der Waals surface area contributed by atoms with Crippen LogP contribution in [0.25, 0.3) is 0 Å². The Morgan fingerprint density at radius 2 is 1.53 bits per heavy atom. The number of carbonyl (C=O) groups excluding carboxylic acids is 1. The fraction of sp³-hybridized carbons (Fsp3) is 0.720. The van der Waals surface area contributed by atoms with Crippen molar-refractivity contribution in [2.75, 3.05) is 19.7 Å². The molecule has 0 fully saturated rings. The Balaban J connectivity index is 2.32. The highest BCUT2D eigenvalue weighted by Gasteiger charge is 2.21. The first-order valence-electron chi connectivity index (χ1n) is 11.7. The molecule has 0 aliphatic rings. The maximum atomic E-state index is 12.6. The number of ether oxygens (including phenoxy) is 2. The van der Waals surface area contributed by atoms with E-state index in [1.807, 2.05) is 45.0 Å². The molecular formula is C25H42INO3. The number of nitrogens with zero attached hydrogens (tertiary/aromatic N) is 1. The van der Waals surface area contributed by atoms with E-state index < -0.39 is 5.60 Å². The summed E-state index contributed by atoms with van der Waals surface area (Å²) in [6.07, 6.45) is 12.6. The molecule has 4 nitrogen and oxygen atoms in total. The Hall–Kier alpha value is -0.980. The van der Waals surface area contributed by atoms with Crippen LogP contribution in [0.5, 0.6) is 5.75 Å². The van der Waals surface area contributed by atoms with Gasteiger partial charge in [0, 0.05) is 10.1 Å². The Morgan fingerprint density at radius 3 is 2.10 bits per heavy atom. The zero-order valence-electron chi connectivity index (χ0n) is 19.6. The second kappa shape index (κ2) is 15.8. The Labute approximate surface area is 198 Å². The minimum Gasteiger partial charge on any atom is -0.492 e. The van der Waals surface area contributed by atoms with E-state index in [4.69, 9.17) is 9.47 Å². The Morgan fingerprint density at radius 1 is 0.933 bits per heavy atom. The van der Waals surface area contributed by atoms with Gasteiger partial charge in [-0.3, -0.25) is 0 Å². The van der Waals surface area contributed by atoms with Gasteiger partial charge in [-0.15, -0.1) is 0 Å². The van der Waals surface area contributed by atoms with Crippen LogP contribution in [-0.4, -0.2) is 36.3 Å². The van der Waals surface area contributed by atoms with Gasteiger partial charge >= 0.3 is 6.09 Å². The molecule has 0 radical (unpaired) electrons. The number of hydrogen-bond acceptors (Lipinski definition) is 3. The molecule has 172 valence electrons. The van der Waals surface area contributed by atoms with E-state index in [-0.39, 0.29) is 6.09 Å². The van der Waals surface area contributed by atoms with E-state index in [9.17, 15) is 4.79 Å². The van der Waals surface area contributed by atoms with Gasteiger partial charge in [0.1, 0.15) is 18.0 Å². The Bertz CT molecular complexity index is 586. The second-order valence-corrected chi connectivity index (χ2v) is 10.2. The molecule has 30 heavy (non-hydrogen) atoms. The first-order chi connectivity index (χ1) is 14.3. The van der Waals surface area contributed by atoms with Crippen LogP contribution in [-0.2, 0) is 4.74 Å². The largest absolute Gasteiger partial charge is 0.492 e. The molecule has 0 unspecified atom stereocenters. The predicted octanol–water partition coefficient (Wildman–Crippen LogP) is 7.83. The smallest absolute Gasteiger partial charge is 0.410 e. The van der Waals surface area contributed by atoms with Gasteiger partial charge in [0.2, 0.25) is 0 Å². The summed E-state index contributed by atoms with van der Waals surface area (Å²) in [5.41, 5.74) is -0.483. The summed E-state index contributed by atoms with van der Waals surface area (Å²) in [6.45, 7) is 9.72. The summed E-state index contributed by atoms with van der Waals surface area (Å²) in [4.78, 5) is 14.4. The number of hydrogen-bond donors (Lipinski definition) is 0. The molecule has 1 aromatic rings. The lowest BCUT2D eigenvalue weighted by Crippen LogP contribution is -2.39. The standard InChI is InChI=1S/C25H42INO3/c1-5-6-7-8-9-10-11-12-13-14-18-27(24(28)30-25(2,3)4)19-20-29-23-17-15-16-22(26)21-23/h15-17,21H,5-14,18-20H2,1-4H3. The normalized spacial score (nSPS) is 11.4. The van der Waals surface area contributed by atoms with E-state index >= 15 is 0 Å². The third-order valence-electron chi connectivity index (χ3n) is 4.86. The van der Waals surface area contributed by atoms with E-state index in [1.54, 1.807) is 4.90 Å². The average molecular weight is 532 g/mol. The molecule has 0 heterocycles. The monoisotopic (exact) mass is 531 g/mol. The van der Waals surface area contributed by atoms with Crippen molar-refractivity contribution in [2.24, 2.45) is 0 Å². The van der Waals surface area contributed by atoms with Gasteiger partial charge in [0.05, 0.1) is 6.54 Å². The highest BCUT2D eigenvalue weighted by atomic mass is 127. The van der Waals surface area contributed by atoms with Crippen LogP contribution < -0.4 is 4.74 Å². The lowest BCUT2D eigenvalue weighted by molar-refractivity contribution is 0.0223. The van der Waals surface area contributed by atoms with Crippen molar-refractivity contribution in [3.63, 3.8) is 0 Å². The van der Waals surface area contributed by atoms with E-state index in [1.165, 1.54) is 51.4 Å². The number of unbranched alkanes of at least 4 members (excludes halogenated alkanes) is 9. The summed E-state index contributed by atoms with van der Waals surface area (Å²) >= 11 is 2.27. The number of amides is 1. The van der Waals surface area contributed by atoms with Crippen molar-refractivity contribution in [3.05, 3.63) is 27.8 Å². The molecule has 1 rings (SSSR count). The molecule has 0 aliphatic carbocycles. The van der Waals surface area contributed by atoms with Crippen LogP contribution in [0, 0.1) is 3.57 Å². The summed E-state index contributed by atoms with van der Waals surface area (Å²) in [5, 5.41) is 0. The van der Waals surface area contributed by atoms with Crippen LogP contribution in [0.1, 0.15) is 91.9 Å². The molecule has 0 aromatic heterocycles. The van der Waals surface area contributed by atoms with Crippen molar-refractivity contribution in [1.82, 2.24) is 4.90 Å². The molecule has 0 atom stereocenters. The first kappa shape index (κ1) is 27.1. The van der Waals surface area contributed by atoms with Crippen molar-refractivity contribution in [3.8, 4) is 5.75 Å². The maximum absolute atomic E-state index is 12.6. The van der Waals surface area contributed by atoms with Crippen LogP contribution in [0.3, 0.4) is 0 Å². The van der Waals surface area contributed by atoms with Crippen molar-refractivity contribution in [1.29, 1.82) is 0 Å². The fourth-order valence-corrected chi connectivity index (χ4v) is 3.76. The molecule has 0 saturated heterocycles. The van der Waals surface area contributed by atoms with Crippen molar-refractivity contribution >= 4 is 28.7 Å². The van der Waals surface area contributed by atoms with Gasteiger partial charge in [-0.1, -0.05) is 70.8 Å². The van der Waals surface area contributed by atoms with Crippen LogP contribution >= 0.6 is 22.6 Å². The first-order valence-corrected chi connectivity index (χ1v) is 12.8. The molecule has 1 amide bonds. The quantitative estimate of drug-likeness (QED) is 0.171.